The first kappa shape index (κ1) is 14.0. The molecule has 5 heteroatoms. The Morgan fingerprint density at radius 3 is 2.73 bits per heavy atom. The lowest BCUT2D eigenvalue weighted by Gasteiger charge is -2.07. The summed E-state index contributed by atoms with van der Waals surface area (Å²) in [6, 6.07) is 5.16. The lowest BCUT2D eigenvalue weighted by atomic mass is 10.2. The van der Waals surface area contributed by atoms with Gasteiger partial charge in [0.25, 0.3) is 0 Å². The molecule has 0 bridgehead atoms. The number of ether oxygens (including phenoxy) is 1. The molecule has 0 aliphatic carbocycles. The third-order valence-corrected chi connectivity index (χ3v) is 1.86. The smallest absolute Gasteiger partial charge is 0.160 e. The first-order valence-corrected chi connectivity index (χ1v) is 4.45. The molecule has 0 aromatic heterocycles. The van der Waals surface area contributed by atoms with Crippen LogP contribution in [0.1, 0.15) is 5.56 Å². The van der Waals surface area contributed by atoms with Crippen molar-refractivity contribution >= 4 is 12.4 Å². The minimum Gasteiger partial charge on any atom is -0.504 e. The van der Waals surface area contributed by atoms with Crippen molar-refractivity contribution in [3.8, 4) is 11.5 Å². The van der Waals surface area contributed by atoms with E-state index in [1.54, 1.807) is 12.1 Å². The minimum atomic E-state index is 0. The predicted molar refractivity (Wildman–Crippen MR) is 60.7 cm³/mol. The molecule has 0 saturated heterocycles. The quantitative estimate of drug-likeness (QED) is 0.662. The molecule has 0 heterocycles. The van der Waals surface area contributed by atoms with E-state index in [2.05, 4.69) is 5.32 Å². The Morgan fingerprint density at radius 1 is 1.40 bits per heavy atom. The number of phenols is 1. The highest BCUT2D eigenvalue weighted by atomic mass is 35.5. The summed E-state index contributed by atoms with van der Waals surface area (Å²) >= 11 is 0. The predicted octanol–water partition coefficient (Wildman–Crippen LogP) is 0.904. The van der Waals surface area contributed by atoms with Crippen LogP contribution < -0.4 is 10.1 Å². The molecule has 1 rings (SSSR count). The van der Waals surface area contributed by atoms with Crippen LogP contribution in [0.5, 0.6) is 11.5 Å². The Labute approximate surface area is 95.3 Å². The molecule has 3 N–H and O–H groups in total. The summed E-state index contributed by atoms with van der Waals surface area (Å²) in [5, 5.41) is 20.9. The van der Waals surface area contributed by atoms with Gasteiger partial charge in [0.1, 0.15) is 0 Å². The monoisotopic (exact) mass is 233 g/mol. The Kier molecular flexibility index (Phi) is 6.86. The summed E-state index contributed by atoms with van der Waals surface area (Å²) < 4.78 is 4.96. The van der Waals surface area contributed by atoms with Crippen molar-refractivity contribution in [3.05, 3.63) is 23.8 Å². The van der Waals surface area contributed by atoms with Crippen molar-refractivity contribution in [1.82, 2.24) is 5.32 Å². The number of hydrogen-bond acceptors (Lipinski definition) is 4. The van der Waals surface area contributed by atoms with Crippen LogP contribution in [0.3, 0.4) is 0 Å². The zero-order valence-corrected chi connectivity index (χ0v) is 9.38. The Morgan fingerprint density at radius 2 is 2.13 bits per heavy atom. The zero-order valence-electron chi connectivity index (χ0n) is 8.56. The van der Waals surface area contributed by atoms with Crippen LogP contribution in [0.2, 0.25) is 0 Å². The number of hydrogen-bond donors (Lipinski definition) is 3. The number of benzene rings is 1. The second-order valence-corrected chi connectivity index (χ2v) is 2.91. The summed E-state index contributed by atoms with van der Waals surface area (Å²) in [5.41, 5.74) is 1.01. The van der Waals surface area contributed by atoms with Gasteiger partial charge >= 0.3 is 0 Å². The molecular weight excluding hydrogens is 218 g/mol. The second kappa shape index (κ2) is 7.34. The lowest BCUT2D eigenvalue weighted by molar-refractivity contribution is 0.292. The number of aliphatic hydroxyl groups excluding tert-OH is 1. The van der Waals surface area contributed by atoms with Gasteiger partial charge < -0.3 is 20.3 Å². The maximum absolute atomic E-state index is 9.32. The highest BCUT2D eigenvalue weighted by molar-refractivity contribution is 5.85. The van der Waals surface area contributed by atoms with Gasteiger partial charge in [0.2, 0.25) is 0 Å². The summed E-state index contributed by atoms with van der Waals surface area (Å²) in [4.78, 5) is 0. The molecular formula is C10H16ClNO3. The summed E-state index contributed by atoms with van der Waals surface area (Å²) in [5.74, 6) is 0.603. The third-order valence-electron chi connectivity index (χ3n) is 1.86. The van der Waals surface area contributed by atoms with Crippen LogP contribution in [0.25, 0.3) is 0 Å². The molecule has 0 aliphatic heterocycles. The number of aromatic hydroxyl groups is 1. The molecule has 0 fully saturated rings. The summed E-state index contributed by atoms with van der Waals surface area (Å²) in [6.45, 7) is 1.33. The van der Waals surface area contributed by atoms with Crippen LogP contribution in [0, 0.1) is 0 Å². The average Bonchev–Trinajstić information content (AvgIpc) is 2.21. The van der Waals surface area contributed by atoms with Gasteiger partial charge in [-0.15, -0.1) is 12.4 Å². The van der Waals surface area contributed by atoms with E-state index in [1.165, 1.54) is 7.11 Å². The van der Waals surface area contributed by atoms with Crippen LogP contribution in [-0.2, 0) is 6.54 Å². The Bertz CT molecular complexity index is 294. The number of phenolic OH excluding ortho intramolecular Hbond substituents is 1. The van der Waals surface area contributed by atoms with Gasteiger partial charge in [-0.3, -0.25) is 0 Å². The molecule has 0 aliphatic rings. The van der Waals surface area contributed by atoms with E-state index in [9.17, 15) is 5.11 Å². The zero-order chi connectivity index (χ0) is 10.4. The number of aliphatic hydroxyl groups is 1. The van der Waals surface area contributed by atoms with Gasteiger partial charge in [-0.2, -0.15) is 0 Å². The summed E-state index contributed by atoms with van der Waals surface area (Å²) in [7, 11) is 1.51. The Balaban J connectivity index is 0.00000196. The fraction of sp³-hybridized carbons (Fsp3) is 0.400. The van der Waals surface area contributed by atoms with E-state index in [-0.39, 0.29) is 24.8 Å². The molecule has 0 saturated carbocycles. The first-order chi connectivity index (χ1) is 6.77. The lowest BCUT2D eigenvalue weighted by Crippen LogP contribution is -2.17. The van der Waals surface area contributed by atoms with E-state index in [4.69, 9.17) is 9.84 Å². The van der Waals surface area contributed by atoms with Gasteiger partial charge in [0, 0.05) is 13.1 Å². The van der Waals surface area contributed by atoms with Gasteiger partial charge in [0.05, 0.1) is 13.7 Å². The molecule has 4 nitrogen and oxygen atoms in total. The van der Waals surface area contributed by atoms with Crippen molar-refractivity contribution in [2.24, 2.45) is 0 Å². The van der Waals surface area contributed by atoms with E-state index in [0.29, 0.717) is 18.8 Å². The molecule has 1 aromatic rings. The molecule has 0 spiro atoms. The van der Waals surface area contributed by atoms with E-state index in [1.807, 2.05) is 6.07 Å². The topological polar surface area (TPSA) is 61.7 Å². The van der Waals surface area contributed by atoms with Gasteiger partial charge in [-0.05, 0) is 17.7 Å². The van der Waals surface area contributed by atoms with E-state index < -0.39 is 0 Å². The molecule has 0 unspecified atom stereocenters. The van der Waals surface area contributed by atoms with E-state index in [0.717, 1.165) is 5.56 Å². The van der Waals surface area contributed by atoms with Crippen molar-refractivity contribution in [2.45, 2.75) is 6.54 Å². The molecule has 0 amide bonds. The number of methoxy groups -OCH3 is 1. The molecule has 86 valence electrons. The second-order valence-electron chi connectivity index (χ2n) is 2.91. The number of halogens is 1. The third kappa shape index (κ3) is 4.38. The molecule has 1 aromatic carbocycles. The van der Waals surface area contributed by atoms with Crippen LogP contribution in [-0.4, -0.2) is 30.5 Å². The van der Waals surface area contributed by atoms with Crippen molar-refractivity contribution < 1.29 is 14.9 Å². The first-order valence-electron chi connectivity index (χ1n) is 4.45. The molecule has 0 atom stereocenters. The largest absolute Gasteiger partial charge is 0.504 e. The maximum Gasteiger partial charge on any atom is 0.160 e. The van der Waals surface area contributed by atoms with Gasteiger partial charge in [-0.1, -0.05) is 6.07 Å². The number of nitrogens with one attached hydrogen (secondary N) is 1. The molecule has 0 radical (unpaired) electrons. The maximum atomic E-state index is 9.32. The van der Waals surface area contributed by atoms with E-state index >= 15 is 0 Å². The van der Waals surface area contributed by atoms with Crippen LogP contribution in [0.4, 0.5) is 0 Å². The highest BCUT2D eigenvalue weighted by Crippen LogP contribution is 2.25. The number of rotatable bonds is 5. The fourth-order valence-electron chi connectivity index (χ4n) is 1.14. The van der Waals surface area contributed by atoms with Gasteiger partial charge in [-0.25, -0.2) is 0 Å². The van der Waals surface area contributed by atoms with Crippen molar-refractivity contribution in [3.63, 3.8) is 0 Å². The molecule has 15 heavy (non-hydrogen) atoms. The summed E-state index contributed by atoms with van der Waals surface area (Å²) in [6.07, 6.45) is 0. The fourth-order valence-corrected chi connectivity index (χ4v) is 1.14. The SMILES string of the molecule is COc1cc(CNCCO)ccc1O.Cl. The van der Waals surface area contributed by atoms with Crippen LogP contribution in [0.15, 0.2) is 18.2 Å². The van der Waals surface area contributed by atoms with Crippen LogP contribution >= 0.6 is 12.4 Å². The normalized spacial score (nSPS) is 9.47. The van der Waals surface area contributed by atoms with Crippen molar-refractivity contribution in [1.29, 1.82) is 0 Å². The Hall–Kier alpha value is -0.970. The van der Waals surface area contributed by atoms with Crippen molar-refractivity contribution in [2.75, 3.05) is 20.3 Å². The minimum absolute atomic E-state index is 0. The average molecular weight is 234 g/mol. The standard InChI is InChI=1S/C10H15NO3.ClH/c1-14-10-6-8(2-3-9(10)13)7-11-4-5-12;/h2-3,6,11-13H,4-5,7H2,1H3;1H. The van der Waals surface area contributed by atoms with Gasteiger partial charge in [0.15, 0.2) is 11.5 Å². The highest BCUT2D eigenvalue weighted by Gasteiger charge is 2.01.